The van der Waals surface area contributed by atoms with Crippen LogP contribution in [0.15, 0.2) is 357 Å². The number of para-hydroxylation sites is 4. The van der Waals surface area contributed by atoms with E-state index < -0.39 is 0 Å². The van der Waals surface area contributed by atoms with Crippen molar-refractivity contribution in [3.05, 3.63) is 408 Å². The summed E-state index contributed by atoms with van der Waals surface area (Å²) in [6.07, 6.45) is 4.57. The molecule has 0 aliphatic heterocycles. The first-order chi connectivity index (χ1) is 57.6. The number of hydrogen-bond acceptors (Lipinski definition) is 4. The Morgan fingerprint density at radius 1 is 0.246 bits per heavy atom. The lowest BCUT2D eigenvalue weighted by molar-refractivity contribution is 0.608. The van der Waals surface area contributed by atoms with E-state index in [1.54, 1.807) is 0 Å². The van der Waals surface area contributed by atoms with Crippen molar-refractivity contribution in [2.75, 3.05) is 9.80 Å². The minimum absolute atomic E-state index is 0.0834. The molecular formula is C114H86N2S2. The van der Waals surface area contributed by atoms with Crippen LogP contribution in [0.5, 0.6) is 0 Å². The van der Waals surface area contributed by atoms with Crippen molar-refractivity contribution in [2.45, 2.75) is 89.9 Å². The summed E-state index contributed by atoms with van der Waals surface area (Å²) in [5.74, 6) is 0. The van der Waals surface area contributed by atoms with E-state index in [1.165, 1.54) is 185 Å². The molecule has 118 heavy (non-hydrogen) atoms. The summed E-state index contributed by atoms with van der Waals surface area (Å²) in [5, 5.41) is 5.16. The van der Waals surface area contributed by atoms with Crippen molar-refractivity contribution in [3.8, 4) is 89.0 Å². The molecule has 0 unspecified atom stereocenters. The zero-order valence-corrected chi connectivity index (χ0v) is 69.2. The summed E-state index contributed by atoms with van der Waals surface area (Å²) in [6.45, 7) is 19.4. The Balaban J connectivity index is 0.689. The standard InChI is InChI=1S/C114H86N2S2/c1-111(2)93-44-19-10-37-88(93)108-84(39-28-46-96(108)111)78-32-13-22-49-101(78)115(73-58-61-76-75-31-9-18-43-92(75)113(5,6)99(76)68-73)104-63-57-69(64-90(104)72-55-60-83-81-35-16-25-52-105(81)117-107(83)67-72)70-54-59-77-91-65-71(56-62-95(91)114(7,8)98(77)66-70)74-30-12-21-48-100(74)116(103-51-24-15-34-80(103)86-41-27-42-87-82-36-17-26-53-106(82)118-110(86)87)102-50-23-14-33-79(102)85-40-29-47-97-109(85)89-38-11-20-45-94(89)112(97,3)4/h9-28,30-46,48-68H,29,47H2,1-8H3. The largest absolute Gasteiger partial charge is 0.309 e. The highest BCUT2D eigenvalue weighted by molar-refractivity contribution is 7.26. The molecule has 0 radical (unpaired) electrons. The molecule has 0 atom stereocenters. The van der Waals surface area contributed by atoms with E-state index in [2.05, 4.69) is 417 Å². The second-order valence-electron chi connectivity index (χ2n) is 35.2. The first kappa shape index (κ1) is 70.4. The van der Waals surface area contributed by atoms with Gasteiger partial charge in [0, 0.05) is 101 Å². The molecule has 564 valence electrons. The van der Waals surface area contributed by atoms with E-state index in [0.717, 1.165) is 58.1 Å². The van der Waals surface area contributed by atoms with E-state index >= 15 is 0 Å². The second-order valence-corrected chi connectivity index (χ2v) is 37.3. The van der Waals surface area contributed by atoms with E-state index in [0.29, 0.717) is 0 Å². The zero-order valence-electron chi connectivity index (χ0n) is 67.6. The summed E-state index contributed by atoms with van der Waals surface area (Å²) in [7, 11) is 0. The molecule has 0 bridgehead atoms. The van der Waals surface area contributed by atoms with E-state index in [1.807, 2.05) is 22.7 Å². The number of anilines is 6. The first-order valence-corrected chi connectivity index (χ1v) is 43.5. The lowest BCUT2D eigenvalue weighted by atomic mass is 9.77. The third-order valence-corrected chi connectivity index (χ3v) is 29.8. The Morgan fingerprint density at radius 3 is 1.43 bits per heavy atom. The van der Waals surface area contributed by atoms with Crippen molar-refractivity contribution in [2.24, 2.45) is 0 Å². The van der Waals surface area contributed by atoms with E-state index in [9.17, 15) is 0 Å². The van der Waals surface area contributed by atoms with Crippen LogP contribution in [0.3, 0.4) is 0 Å². The number of hydrogen-bond donors (Lipinski definition) is 0. The molecule has 16 aromatic carbocycles. The molecule has 0 fully saturated rings. The molecule has 2 nitrogen and oxygen atoms in total. The monoisotopic (exact) mass is 1550 g/mol. The van der Waals surface area contributed by atoms with Crippen LogP contribution in [0.2, 0.25) is 0 Å². The summed E-state index contributed by atoms with van der Waals surface area (Å²) in [5.41, 5.74) is 41.9. The number of rotatable bonds is 12. The van der Waals surface area contributed by atoms with Gasteiger partial charge in [-0.2, -0.15) is 0 Å². The van der Waals surface area contributed by atoms with Gasteiger partial charge in [-0.15, -0.1) is 22.7 Å². The number of allylic oxidation sites excluding steroid dienone is 4. The second kappa shape index (κ2) is 26.3. The Kier molecular flexibility index (Phi) is 15.7. The number of thiophene rings is 2. The van der Waals surface area contributed by atoms with Crippen molar-refractivity contribution in [3.63, 3.8) is 0 Å². The third kappa shape index (κ3) is 10.4. The lowest BCUT2D eigenvalue weighted by Gasteiger charge is -2.33. The molecule has 5 aliphatic carbocycles. The molecule has 0 amide bonds. The van der Waals surface area contributed by atoms with Crippen molar-refractivity contribution in [1.29, 1.82) is 0 Å². The quantitative estimate of drug-likeness (QED) is 0.120. The van der Waals surface area contributed by atoms with Gasteiger partial charge in [0.25, 0.3) is 0 Å². The average Bonchev–Trinajstić information content (AvgIpc) is 1.56. The molecule has 5 aliphatic rings. The zero-order chi connectivity index (χ0) is 79.2. The molecule has 18 aromatic rings. The Hall–Kier alpha value is -13.0. The molecular weight excluding hydrogens is 1460 g/mol. The fraction of sp³-hybridized carbons (Fsp3) is 0.123. The van der Waals surface area contributed by atoms with Crippen LogP contribution in [-0.4, -0.2) is 0 Å². The van der Waals surface area contributed by atoms with Crippen LogP contribution < -0.4 is 9.80 Å². The fourth-order valence-electron chi connectivity index (χ4n) is 21.6. The van der Waals surface area contributed by atoms with E-state index in [-0.39, 0.29) is 21.7 Å². The van der Waals surface area contributed by atoms with Crippen LogP contribution in [0.1, 0.15) is 118 Å². The molecule has 4 heteroatoms. The Bertz CT molecular complexity index is 7400. The van der Waals surface area contributed by atoms with Crippen LogP contribution >= 0.6 is 22.7 Å². The van der Waals surface area contributed by atoms with Gasteiger partial charge in [0.1, 0.15) is 0 Å². The molecule has 2 aromatic heterocycles. The maximum absolute atomic E-state index is 2.61. The average molecular weight is 1550 g/mol. The predicted molar refractivity (Wildman–Crippen MR) is 505 cm³/mol. The van der Waals surface area contributed by atoms with Gasteiger partial charge in [0.2, 0.25) is 0 Å². The number of benzene rings is 16. The van der Waals surface area contributed by atoms with Gasteiger partial charge >= 0.3 is 0 Å². The number of fused-ring (bicyclic) bond motifs is 17. The molecule has 23 rings (SSSR count). The van der Waals surface area contributed by atoms with Gasteiger partial charge in [-0.25, -0.2) is 0 Å². The minimum atomic E-state index is -0.325. The normalized spacial score (nSPS) is 15.2. The summed E-state index contributed by atoms with van der Waals surface area (Å²) in [6, 6.07) is 133. The van der Waals surface area contributed by atoms with Gasteiger partial charge < -0.3 is 9.80 Å². The maximum atomic E-state index is 2.61. The van der Waals surface area contributed by atoms with Gasteiger partial charge in [0.15, 0.2) is 0 Å². The summed E-state index contributed by atoms with van der Waals surface area (Å²) >= 11 is 3.78. The van der Waals surface area contributed by atoms with Crippen LogP contribution in [0.25, 0.3) is 141 Å². The minimum Gasteiger partial charge on any atom is -0.309 e. The van der Waals surface area contributed by atoms with E-state index in [4.69, 9.17) is 0 Å². The smallest absolute Gasteiger partial charge is 0.0541 e. The highest BCUT2D eigenvalue weighted by Gasteiger charge is 2.43. The number of nitrogens with zero attached hydrogens (tertiary/aromatic N) is 2. The van der Waals surface area contributed by atoms with Crippen LogP contribution in [0.4, 0.5) is 34.1 Å². The van der Waals surface area contributed by atoms with Crippen molar-refractivity contribution >= 4 is 108 Å². The summed E-state index contributed by atoms with van der Waals surface area (Å²) in [4.78, 5) is 5.22. The molecule has 0 spiro atoms. The van der Waals surface area contributed by atoms with Crippen molar-refractivity contribution < 1.29 is 0 Å². The lowest BCUT2D eigenvalue weighted by Crippen LogP contribution is -2.18. The summed E-state index contributed by atoms with van der Waals surface area (Å²) < 4.78 is 5.16. The van der Waals surface area contributed by atoms with Crippen molar-refractivity contribution in [1.82, 2.24) is 0 Å². The molecule has 0 N–H and O–H groups in total. The van der Waals surface area contributed by atoms with Gasteiger partial charge in [-0.05, 0) is 209 Å². The first-order valence-electron chi connectivity index (χ1n) is 41.8. The SMILES string of the molecule is CC1(C)C2=C(C(c3ccccc3N(c3ccccc3-c3ccc4c(c3)-c3ccc(-c5ccc(N(c6ccc7c(c6)C(C)(C)c6ccccc6-7)c6ccccc6-c6cccc7c6-c6ccccc6C7(C)C)c(-c6ccc7c(c6)sc6ccccc67)c5)cc3C4(C)C)c3ccccc3-c3cccc4c3sc3ccccc34)=CCC2)c2ccccc21. The van der Waals surface area contributed by atoms with Gasteiger partial charge in [0.05, 0.1) is 28.4 Å². The topological polar surface area (TPSA) is 6.48 Å². The maximum Gasteiger partial charge on any atom is 0.0541 e. The predicted octanol–water partition coefficient (Wildman–Crippen LogP) is 32.5. The molecule has 2 heterocycles. The highest BCUT2D eigenvalue weighted by atomic mass is 32.1. The fourth-order valence-corrected chi connectivity index (χ4v) is 24.0. The third-order valence-electron chi connectivity index (χ3n) is 27.5. The Morgan fingerprint density at radius 2 is 0.686 bits per heavy atom. The highest BCUT2D eigenvalue weighted by Crippen LogP contribution is 2.61. The molecule has 0 saturated carbocycles. The van der Waals surface area contributed by atoms with Gasteiger partial charge in [-0.1, -0.05) is 334 Å². The van der Waals surface area contributed by atoms with Crippen LogP contribution in [-0.2, 0) is 21.7 Å². The van der Waals surface area contributed by atoms with Crippen LogP contribution in [0, 0.1) is 0 Å². The van der Waals surface area contributed by atoms with Gasteiger partial charge in [-0.3, -0.25) is 0 Å². The molecule has 0 saturated heterocycles. The Labute approximate surface area is 699 Å².